The van der Waals surface area contributed by atoms with Crippen LogP contribution in [0.2, 0.25) is 0 Å². The molecule has 0 aliphatic heterocycles. The van der Waals surface area contributed by atoms with Gasteiger partial charge in [-0.2, -0.15) is 0 Å². The largest absolute Gasteiger partial charge is 0.382 e. The molecule has 17 heavy (non-hydrogen) atoms. The number of hydrogen-bond donors (Lipinski definition) is 1. The Morgan fingerprint density at radius 3 is 2.82 bits per heavy atom. The number of hydrogen-bond acceptors (Lipinski definition) is 1. The Hall–Kier alpha value is -0.250. The van der Waals surface area contributed by atoms with Crippen molar-refractivity contribution in [2.24, 2.45) is 5.92 Å². The van der Waals surface area contributed by atoms with E-state index in [1.165, 1.54) is 46.9 Å². The van der Waals surface area contributed by atoms with Crippen LogP contribution in [0.25, 0.3) is 0 Å². The van der Waals surface area contributed by atoms with Gasteiger partial charge in [-0.15, -0.1) is 0 Å². The summed E-state index contributed by atoms with van der Waals surface area (Å²) in [5.41, 5.74) is 2.73. The molecule has 1 aromatic rings. The highest BCUT2D eigenvalue weighted by Gasteiger charge is 2.23. The lowest BCUT2D eigenvalue weighted by atomic mass is 9.82. The normalized spacial score (nSPS) is 24.6. The van der Waals surface area contributed by atoms with Crippen molar-refractivity contribution in [3.63, 3.8) is 0 Å². The maximum Gasteiger partial charge on any atom is 0.0382 e. The molecule has 0 aromatic heterocycles. The molecule has 0 bridgehead atoms. The van der Waals surface area contributed by atoms with Gasteiger partial charge in [-0.25, -0.2) is 0 Å². The Bertz CT molecular complexity index is 375. The maximum absolute atomic E-state index is 3.79. The smallest absolute Gasteiger partial charge is 0.0382 e. The lowest BCUT2D eigenvalue weighted by molar-refractivity contribution is 0.317. The molecule has 0 radical (unpaired) electrons. The van der Waals surface area contributed by atoms with Gasteiger partial charge in [0.05, 0.1) is 0 Å². The van der Waals surface area contributed by atoms with E-state index >= 15 is 0 Å². The van der Waals surface area contributed by atoms with Gasteiger partial charge in [0.2, 0.25) is 0 Å². The van der Waals surface area contributed by atoms with Crippen LogP contribution in [0.3, 0.4) is 0 Å². The Morgan fingerprint density at radius 1 is 1.29 bits per heavy atom. The highest BCUT2D eigenvalue weighted by atomic mass is 127. The molecule has 0 heterocycles. The predicted octanol–water partition coefficient (Wildman–Crippen LogP) is 4.98. The zero-order valence-corrected chi connectivity index (χ0v) is 13.0. The molecule has 0 spiro atoms. The van der Waals surface area contributed by atoms with E-state index in [0.717, 1.165) is 5.92 Å². The molecule has 1 nitrogen and oxygen atoms in total. The lowest BCUT2D eigenvalue weighted by Crippen LogP contribution is -2.32. The van der Waals surface area contributed by atoms with Gasteiger partial charge in [0.15, 0.2) is 0 Å². The Kier molecular flexibility index (Phi) is 4.71. The van der Waals surface area contributed by atoms with Gasteiger partial charge in [0.1, 0.15) is 0 Å². The van der Waals surface area contributed by atoms with Crippen molar-refractivity contribution in [1.82, 2.24) is 0 Å². The van der Waals surface area contributed by atoms with E-state index in [-0.39, 0.29) is 0 Å². The third-order valence-corrected chi connectivity index (χ3v) is 5.21. The molecule has 94 valence electrons. The van der Waals surface area contributed by atoms with Crippen LogP contribution in [0.15, 0.2) is 18.2 Å². The van der Waals surface area contributed by atoms with Crippen molar-refractivity contribution in [2.45, 2.75) is 52.0 Å². The Balaban J connectivity index is 2.11. The summed E-state index contributed by atoms with van der Waals surface area (Å²) in [7, 11) is 0. The molecule has 2 unspecified atom stereocenters. The van der Waals surface area contributed by atoms with E-state index in [9.17, 15) is 0 Å². The molecule has 1 aromatic carbocycles. The van der Waals surface area contributed by atoms with Crippen molar-refractivity contribution in [1.29, 1.82) is 0 Å². The molecular formula is C15H22IN. The van der Waals surface area contributed by atoms with Crippen LogP contribution in [-0.4, -0.2) is 6.04 Å². The molecule has 1 aliphatic rings. The van der Waals surface area contributed by atoms with Crippen molar-refractivity contribution in [3.8, 4) is 0 Å². The van der Waals surface area contributed by atoms with E-state index in [2.05, 4.69) is 60.0 Å². The van der Waals surface area contributed by atoms with Crippen LogP contribution in [0, 0.1) is 16.4 Å². The second-order valence-corrected chi connectivity index (χ2v) is 6.28. The minimum atomic E-state index is 0.686. The van der Waals surface area contributed by atoms with Crippen LogP contribution in [-0.2, 0) is 0 Å². The quantitative estimate of drug-likeness (QED) is 0.763. The zero-order chi connectivity index (χ0) is 12.3. The fourth-order valence-electron chi connectivity index (χ4n) is 2.85. The zero-order valence-electron chi connectivity index (χ0n) is 10.8. The van der Waals surface area contributed by atoms with Gasteiger partial charge < -0.3 is 5.32 Å². The van der Waals surface area contributed by atoms with Gasteiger partial charge in [0.25, 0.3) is 0 Å². The second kappa shape index (κ2) is 6.07. The highest BCUT2D eigenvalue weighted by Crippen LogP contribution is 2.31. The van der Waals surface area contributed by atoms with Crippen molar-refractivity contribution < 1.29 is 0 Å². The minimum absolute atomic E-state index is 0.686. The SMILES string of the molecule is CCC1CCCCC1Nc1cccc(I)c1C. The first kappa shape index (κ1) is 13.2. The third kappa shape index (κ3) is 3.15. The average Bonchev–Trinajstić information content (AvgIpc) is 2.35. The van der Waals surface area contributed by atoms with Crippen molar-refractivity contribution in [2.75, 3.05) is 5.32 Å². The van der Waals surface area contributed by atoms with E-state index < -0.39 is 0 Å². The maximum atomic E-state index is 3.79. The highest BCUT2D eigenvalue weighted by molar-refractivity contribution is 14.1. The van der Waals surface area contributed by atoms with E-state index in [4.69, 9.17) is 0 Å². The summed E-state index contributed by atoms with van der Waals surface area (Å²) in [6, 6.07) is 7.24. The van der Waals surface area contributed by atoms with Crippen LogP contribution in [0.4, 0.5) is 5.69 Å². The summed E-state index contributed by atoms with van der Waals surface area (Å²) >= 11 is 2.42. The van der Waals surface area contributed by atoms with Crippen molar-refractivity contribution in [3.05, 3.63) is 27.3 Å². The molecule has 2 rings (SSSR count). The van der Waals surface area contributed by atoms with Gasteiger partial charge in [0, 0.05) is 15.3 Å². The van der Waals surface area contributed by atoms with Crippen molar-refractivity contribution >= 4 is 28.3 Å². The first-order valence-electron chi connectivity index (χ1n) is 6.74. The summed E-state index contributed by atoms with van der Waals surface area (Å²) in [5, 5.41) is 3.79. The molecule has 1 saturated carbocycles. The van der Waals surface area contributed by atoms with E-state index in [1.54, 1.807) is 0 Å². The topological polar surface area (TPSA) is 12.0 Å². The minimum Gasteiger partial charge on any atom is -0.382 e. The van der Waals surface area contributed by atoms with Crippen LogP contribution in [0.1, 0.15) is 44.6 Å². The van der Waals surface area contributed by atoms with Crippen LogP contribution in [0.5, 0.6) is 0 Å². The monoisotopic (exact) mass is 343 g/mol. The van der Waals surface area contributed by atoms with Gasteiger partial charge in [-0.1, -0.05) is 32.3 Å². The second-order valence-electron chi connectivity index (χ2n) is 5.12. The van der Waals surface area contributed by atoms with Gasteiger partial charge >= 0.3 is 0 Å². The van der Waals surface area contributed by atoms with E-state index in [0.29, 0.717) is 6.04 Å². The summed E-state index contributed by atoms with van der Waals surface area (Å²) in [6.07, 6.45) is 6.85. The Labute approximate surface area is 119 Å². The molecule has 1 N–H and O–H groups in total. The molecule has 1 fully saturated rings. The predicted molar refractivity (Wildman–Crippen MR) is 83.6 cm³/mol. The summed E-state index contributed by atoms with van der Waals surface area (Å²) in [6.45, 7) is 4.54. The fraction of sp³-hybridized carbons (Fsp3) is 0.600. The number of rotatable bonds is 3. The van der Waals surface area contributed by atoms with Gasteiger partial charge in [-0.3, -0.25) is 0 Å². The lowest BCUT2D eigenvalue weighted by Gasteiger charge is -2.32. The molecular weight excluding hydrogens is 321 g/mol. The Morgan fingerprint density at radius 2 is 2.06 bits per heavy atom. The number of anilines is 1. The first-order chi connectivity index (χ1) is 8.22. The molecule has 2 heteroatoms. The first-order valence-corrected chi connectivity index (χ1v) is 7.82. The van der Waals surface area contributed by atoms with Crippen LogP contribution < -0.4 is 5.32 Å². The van der Waals surface area contributed by atoms with Crippen LogP contribution >= 0.6 is 22.6 Å². The third-order valence-electron chi connectivity index (χ3n) is 4.04. The number of halogens is 1. The molecule has 1 aliphatic carbocycles. The van der Waals surface area contributed by atoms with Gasteiger partial charge in [-0.05, 0) is 66.0 Å². The summed E-state index contributed by atoms with van der Waals surface area (Å²) in [4.78, 5) is 0. The molecule has 2 atom stereocenters. The number of benzene rings is 1. The standard InChI is InChI=1S/C15H22IN/c1-3-12-7-4-5-9-15(12)17-14-10-6-8-13(16)11(14)2/h6,8,10,12,15,17H,3-5,7,9H2,1-2H3. The number of nitrogens with one attached hydrogen (secondary N) is 1. The summed E-state index contributed by atoms with van der Waals surface area (Å²) in [5.74, 6) is 0.862. The summed E-state index contributed by atoms with van der Waals surface area (Å²) < 4.78 is 1.36. The molecule has 0 amide bonds. The average molecular weight is 343 g/mol. The molecule has 0 saturated heterocycles. The fourth-order valence-corrected chi connectivity index (χ4v) is 3.35. The van der Waals surface area contributed by atoms with E-state index in [1.807, 2.05) is 0 Å².